The van der Waals surface area contributed by atoms with Crippen LogP contribution in [0.3, 0.4) is 0 Å². The van der Waals surface area contributed by atoms with Gasteiger partial charge in [0.2, 0.25) is 0 Å². The SMILES string of the molecule is CC(C)(C)OC(=O)N1CCC1/C(N)=N/OCc1cnc(Cl)s1. The number of amidine groups is 1. The first-order valence-corrected chi connectivity index (χ1v) is 8.01. The van der Waals surface area contributed by atoms with E-state index in [2.05, 4.69) is 10.1 Å². The number of aromatic nitrogens is 1. The Morgan fingerprint density at radius 3 is 2.86 bits per heavy atom. The molecule has 0 radical (unpaired) electrons. The molecule has 1 aromatic rings. The Balaban J connectivity index is 1.85. The maximum absolute atomic E-state index is 12.0. The van der Waals surface area contributed by atoms with Crippen LogP contribution in [-0.4, -0.2) is 40.0 Å². The van der Waals surface area contributed by atoms with Gasteiger partial charge in [-0.1, -0.05) is 16.8 Å². The number of likely N-dealkylation sites (tertiary alicyclic amines) is 1. The fraction of sp³-hybridized carbons (Fsp3) is 0.615. The summed E-state index contributed by atoms with van der Waals surface area (Å²) < 4.78 is 5.76. The summed E-state index contributed by atoms with van der Waals surface area (Å²) in [5.41, 5.74) is 5.34. The van der Waals surface area contributed by atoms with Crippen molar-refractivity contribution in [2.45, 2.75) is 45.4 Å². The molecule has 1 aromatic heterocycles. The molecule has 9 heteroatoms. The number of oxime groups is 1. The topological polar surface area (TPSA) is 90.0 Å². The van der Waals surface area contributed by atoms with Gasteiger partial charge in [-0.25, -0.2) is 9.78 Å². The van der Waals surface area contributed by atoms with E-state index < -0.39 is 11.7 Å². The molecular weight excluding hydrogens is 328 g/mol. The van der Waals surface area contributed by atoms with Crippen molar-refractivity contribution in [2.75, 3.05) is 6.54 Å². The first-order valence-electron chi connectivity index (χ1n) is 6.81. The zero-order valence-corrected chi connectivity index (χ0v) is 14.3. The van der Waals surface area contributed by atoms with Gasteiger partial charge in [-0.2, -0.15) is 0 Å². The molecular formula is C13H19ClN4O3S. The number of carbonyl (C=O) groups is 1. The van der Waals surface area contributed by atoms with E-state index >= 15 is 0 Å². The molecule has 1 aliphatic heterocycles. The van der Waals surface area contributed by atoms with Crippen LogP contribution in [0.1, 0.15) is 32.1 Å². The number of thiazole rings is 1. The van der Waals surface area contributed by atoms with Crippen molar-refractivity contribution >= 4 is 34.9 Å². The zero-order valence-electron chi connectivity index (χ0n) is 12.7. The minimum Gasteiger partial charge on any atom is -0.444 e. The fourth-order valence-electron chi connectivity index (χ4n) is 1.82. The number of hydrogen-bond donors (Lipinski definition) is 1. The highest BCUT2D eigenvalue weighted by atomic mass is 35.5. The van der Waals surface area contributed by atoms with E-state index in [0.717, 1.165) is 11.3 Å². The van der Waals surface area contributed by atoms with Crippen LogP contribution in [0.5, 0.6) is 0 Å². The molecule has 2 N–H and O–H groups in total. The summed E-state index contributed by atoms with van der Waals surface area (Å²) in [6.07, 6.45) is 1.97. The van der Waals surface area contributed by atoms with Crippen molar-refractivity contribution in [1.29, 1.82) is 0 Å². The fourth-order valence-corrected chi connectivity index (χ4v) is 2.70. The van der Waals surface area contributed by atoms with Gasteiger partial charge < -0.3 is 15.3 Å². The van der Waals surface area contributed by atoms with Crippen LogP contribution < -0.4 is 5.73 Å². The number of halogens is 1. The van der Waals surface area contributed by atoms with Crippen molar-refractivity contribution in [1.82, 2.24) is 9.88 Å². The Kier molecular flexibility index (Phi) is 5.12. The Bertz CT molecular complexity index is 570. The summed E-state index contributed by atoms with van der Waals surface area (Å²) >= 11 is 7.04. The molecule has 1 amide bonds. The lowest BCUT2D eigenvalue weighted by atomic mass is 10.0. The molecule has 7 nitrogen and oxygen atoms in total. The second-order valence-corrected chi connectivity index (χ2v) is 7.54. The molecule has 1 atom stereocenters. The van der Waals surface area contributed by atoms with Crippen LogP contribution in [0.15, 0.2) is 11.4 Å². The lowest BCUT2D eigenvalue weighted by molar-refractivity contribution is 0.00455. The number of nitrogens with zero attached hydrogens (tertiary/aromatic N) is 3. The van der Waals surface area contributed by atoms with Crippen LogP contribution in [0.4, 0.5) is 4.79 Å². The minimum absolute atomic E-state index is 0.240. The van der Waals surface area contributed by atoms with E-state index in [0.29, 0.717) is 11.0 Å². The molecule has 22 heavy (non-hydrogen) atoms. The summed E-state index contributed by atoms with van der Waals surface area (Å²) in [4.78, 5) is 23.4. The van der Waals surface area contributed by atoms with Crippen molar-refractivity contribution in [3.8, 4) is 0 Å². The number of rotatable bonds is 4. The molecule has 2 rings (SSSR count). The monoisotopic (exact) mass is 346 g/mol. The molecule has 0 aromatic carbocycles. The predicted octanol–water partition coefficient (Wildman–Crippen LogP) is 2.59. The van der Waals surface area contributed by atoms with E-state index in [-0.39, 0.29) is 18.5 Å². The second kappa shape index (κ2) is 6.70. The molecule has 0 bridgehead atoms. The molecule has 2 heterocycles. The molecule has 0 saturated carbocycles. The van der Waals surface area contributed by atoms with Gasteiger partial charge in [-0.05, 0) is 27.2 Å². The number of amides is 1. The van der Waals surface area contributed by atoms with E-state index in [4.69, 9.17) is 26.9 Å². The van der Waals surface area contributed by atoms with Crippen LogP contribution in [0, 0.1) is 0 Å². The lowest BCUT2D eigenvalue weighted by Gasteiger charge is -2.40. The largest absolute Gasteiger partial charge is 0.444 e. The quantitative estimate of drug-likeness (QED) is 0.514. The second-order valence-electron chi connectivity index (χ2n) is 5.85. The van der Waals surface area contributed by atoms with E-state index in [1.54, 1.807) is 6.20 Å². The molecule has 122 valence electrons. The summed E-state index contributed by atoms with van der Waals surface area (Å²) in [6.45, 7) is 6.30. The van der Waals surface area contributed by atoms with Gasteiger partial charge in [0.05, 0.1) is 10.9 Å². The lowest BCUT2D eigenvalue weighted by Crippen LogP contribution is -2.58. The van der Waals surface area contributed by atoms with E-state index in [1.165, 1.54) is 16.2 Å². The van der Waals surface area contributed by atoms with Gasteiger partial charge in [0.25, 0.3) is 0 Å². The number of nitrogens with two attached hydrogens (primary N) is 1. The standard InChI is InChI=1S/C13H19ClN4O3S/c1-13(2,3)21-12(19)18-5-4-9(18)10(15)17-20-7-8-6-16-11(14)22-8/h6,9H,4-5,7H2,1-3H3,(H2,15,17). The van der Waals surface area contributed by atoms with Gasteiger partial charge in [0.1, 0.15) is 5.60 Å². The van der Waals surface area contributed by atoms with Gasteiger partial charge >= 0.3 is 6.09 Å². The molecule has 1 saturated heterocycles. The first kappa shape index (κ1) is 16.8. The number of hydrogen-bond acceptors (Lipinski definition) is 6. The van der Waals surface area contributed by atoms with Crippen LogP contribution >= 0.6 is 22.9 Å². The summed E-state index contributed by atoms with van der Waals surface area (Å²) in [7, 11) is 0. The third-order valence-corrected chi connectivity index (χ3v) is 3.98. The third kappa shape index (κ3) is 4.48. The maximum atomic E-state index is 12.0. The number of carbonyl (C=O) groups excluding carboxylic acids is 1. The van der Waals surface area contributed by atoms with Gasteiger partial charge in [-0.15, -0.1) is 11.3 Å². The van der Waals surface area contributed by atoms with Gasteiger partial charge in [0.15, 0.2) is 16.9 Å². The van der Waals surface area contributed by atoms with Gasteiger partial charge in [-0.3, -0.25) is 4.90 Å². The van der Waals surface area contributed by atoms with E-state index in [1.807, 2.05) is 20.8 Å². The van der Waals surface area contributed by atoms with Crippen LogP contribution in [-0.2, 0) is 16.2 Å². The van der Waals surface area contributed by atoms with E-state index in [9.17, 15) is 4.79 Å². The summed E-state index contributed by atoms with van der Waals surface area (Å²) in [5.74, 6) is 0.257. The highest BCUT2D eigenvalue weighted by Gasteiger charge is 2.38. The highest BCUT2D eigenvalue weighted by Crippen LogP contribution is 2.22. The molecule has 1 unspecified atom stereocenters. The van der Waals surface area contributed by atoms with Crippen molar-refractivity contribution in [3.05, 3.63) is 15.5 Å². The first-order chi connectivity index (χ1) is 10.3. The molecule has 1 fully saturated rings. The molecule has 1 aliphatic rings. The molecule has 0 aliphatic carbocycles. The average molecular weight is 347 g/mol. The number of ether oxygens (including phenoxy) is 1. The maximum Gasteiger partial charge on any atom is 0.410 e. The summed E-state index contributed by atoms with van der Waals surface area (Å²) in [5, 5.41) is 3.86. The van der Waals surface area contributed by atoms with Crippen molar-refractivity contribution in [3.63, 3.8) is 0 Å². The van der Waals surface area contributed by atoms with Crippen LogP contribution in [0.2, 0.25) is 4.47 Å². The van der Waals surface area contributed by atoms with Gasteiger partial charge in [0, 0.05) is 12.7 Å². The zero-order chi connectivity index (χ0) is 16.3. The molecule has 0 spiro atoms. The Morgan fingerprint density at radius 1 is 1.64 bits per heavy atom. The van der Waals surface area contributed by atoms with Crippen molar-refractivity contribution in [2.24, 2.45) is 10.9 Å². The third-order valence-electron chi connectivity index (χ3n) is 2.89. The minimum atomic E-state index is -0.537. The smallest absolute Gasteiger partial charge is 0.410 e. The summed E-state index contributed by atoms with van der Waals surface area (Å²) in [6, 6.07) is -0.278. The van der Waals surface area contributed by atoms with Crippen molar-refractivity contribution < 1.29 is 14.4 Å². The average Bonchev–Trinajstić information content (AvgIpc) is 2.70. The predicted molar refractivity (Wildman–Crippen MR) is 84.9 cm³/mol. The Hall–Kier alpha value is -1.54. The van der Waals surface area contributed by atoms with Crippen LogP contribution in [0.25, 0.3) is 0 Å². The Labute approximate surface area is 138 Å². The highest BCUT2D eigenvalue weighted by molar-refractivity contribution is 7.15. The normalized spacial score (nSPS) is 18.8. The Morgan fingerprint density at radius 2 is 2.36 bits per heavy atom.